The van der Waals surface area contributed by atoms with E-state index in [1.165, 1.54) is 4.90 Å². The third-order valence-electron chi connectivity index (χ3n) is 3.50. The number of halogens is 1. The SMILES string of the molecule is O=C(O)N1CCCC(c2ncc3c(Cl)nccn23)C1. The molecule has 2 aromatic rings. The van der Waals surface area contributed by atoms with Crippen LogP contribution in [0, 0.1) is 0 Å². The van der Waals surface area contributed by atoms with Crippen LogP contribution in [0.15, 0.2) is 18.6 Å². The number of nitrogens with zero attached hydrogens (tertiary/aromatic N) is 4. The van der Waals surface area contributed by atoms with Crippen molar-refractivity contribution in [2.45, 2.75) is 18.8 Å². The number of imidazole rings is 1. The summed E-state index contributed by atoms with van der Waals surface area (Å²) >= 11 is 6.01. The molecule has 0 spiro atoms. The third kappa shape index (κ3) is 2.12. The van der Waals surface area contributed by atoms with E-state index in [4.69, 9.17) is 16.7 Å². The molecule has 0 radical (unpaired) electrons. The molecule has 0 saturated carbocycles. The van der Waals surface area contributed by atoms with E-state index in [0.717, 1.165) is 24.2 Å². The predicted molar refractivity (Wildman–Crippen MR) is 69.6 cm³/mol. The highest BCUT2D eigenvalue weighted by atomic mass is 35.5. The van der Waals surface area contributed by atoms with E-state index >= 15 is 0 Å². The Hall–Kier alpha value is -1.82. The van der Waals surface area contributed by atoms with Gasteiger partial charge in [-0.1, -0.05) is 11.6 Å². The highest BCUT2D eigenvalue weighted by Gasteiger charge is 2.27. The minimum absolute atomic E-state index is 0.103. The van der Waals surface area contributed by atoms with Gasteiger partial charge >= 0.3 is 6.09 Å². The molecule has 3 heterocycles. The van der Waals surface area contributed by atoms with E-state index in [0.29, 0.717) is 18.2 Å². The number of piperidine rings is 1. The van der Waals surface area contributed by atoms with Gasteiger partial charge in [0, 0.05) is 31.4 Å². The molecular formula is C12H13ClN4O2. The van der Waals surface area contributed by atoms with E-state index in [1.54, 1.807) is 12.4 Å². The van der Waals surface area contributed by atoms with Crippen LogP contribution in [0.5, 0.6) is 0 Å². The molecule has 7 heteroatoms. The molecule has 1 aliphatic heterocycles. The smallest absolute Gasteiger partial charge is 0.407 e. The van der Waals surface area contributed by atoms with Crippen molar-refractivity contribution in [3.05, 3.63) is 29.6 Å². The van der Waals surface area contributed by atoms with Crippen molar-refractivity contribution >= 4 is 23.2 Å². The van der Waals surface area contributed by atoms with Crippen LogP contribution in [0.3, 0.4) is 0 Å². The number of hydrogen-bond acceptors (Lipinski definition) is 3. The number of fused-ring (bicyclic) bond motifs is 1. The molecule has 6 nitrogen and oxygen atoms in total. The largest absolute Gasteiger partial charge is 0.465 e. The van der Waals surface area contributed by atoms with Gasteiger partial charge in [-0.05, 0) is 12.8 Å². The number of carboxylic acid groups (broad SMARTS) is 1. The van der Waals surface area contributed by atoms with E-state index < -0.39 is 6.09 Å². The van der Waals surface area contributed by atoms with E-state index in [2.05, 4.69) is 9.97 Å². The first-order valence-corrected chi connectivity index (χ1v) is 6.50. The summed E-state index contributed by atoms with van der Waals surface area (Å²) in [5.41, 5.74) is 0.756. The van der Waals surface area contributed by atoms with E-state index in [9.17, 15) is 4.79 Å². The maximum Gasteiger partial charge on any atom is 0.407 e. The summed E-state index contributed by atoms with van der Waals surface area (Å²) in [5, 5.41) is 9.49. The van der Waals surface area contributed by atoms with Crippen LogP contribution in [0.1, 0.15) is 24.6 Å². The number of likely N-dealkylation sites (tertiary alicyclic amines) is 1. The second kappa shape index (κ2) is 4.70. The minimum atomic E-state index is -0.870. The Labute approximate surface area is 114 Å². The number of hydrogen-bond donors (Lipinski definition) is 1. The van der Waals surface area contributed by atoms with Gasteiger partial charge in [-0.3, -0.25) is 4.40 Å². The van der Waals surface area contributed by atoms with Gasteiger partial charge < -0.3 is 10.0 Å². The van der Waals surface area contributed by atoms with Gasteiger partial charge in [0.05, 0.1) is 6.20 Å². The van der Waals surface area contributed by atoms with Gasteiger partial charge in [-0.15, -0.1) is 0 Å². The molecule has 3 rings (SSSR count). The summed E-state index contributed by atoms with van der Waals surface area (Å²) in [5.74, 6) is 0.955. The summed E-state index contributed by atoms with van der Waals surface area (Å²) in [7, 11) is 0. The van der Waals surface area contributed by atoms with Crippen molar-refractivity contribution in [2.24, 2.45) is 0 Å². The molecule has 2 aromatic heterocycles. The molecule has 1 amide bonds. The second-order valence-corrected chi connectivity index (χ2v) is 5.02. The lowest BCUT2D eigenvalue weighted by molar-refractivity contribution is 0.129. The normalized spacial score (nSPS) is 19.8. The molecule has 1 atom stereocenters. The Morgan fingerprint density at radius 1 is 1.47 bits per heavy atom. The Morgan fingerprint density at radius 3 is 3.11 bits per heavy atom. The molecule has 100 valence electrons. The fourth-order valence-electron chi connectivity index (χ4n) is 2.58. The van der Waals surface area contributed by atoms with Crippen LogP contribution < -0.4 is 0 Å². The molecule has 0 aromatic carbocycles. The average molecular weight is 281 g/mol. The molecule has 1 unspecified atom stereocenters. The van der Waals surface area contributed by atoms with E-state index in [1.807, 2.05) is 10.6 Å². The lowest BCUT2D eigenvalue weighted by Gasteiger charge is -2.29. The zero-order chi connectivity index (χ0) is 13.4. The van der Waals surface area contributed by atoms with Gasteiger partial charge in [-0.2, -0.15) is 0 Å². The molecule has 1 aliphatic rings. The molecule has 1 N–H and O–H groups in total. The van der Waals surface area contributed by atoms with Gasteiger partial charge in [0.2, 0.25) is 0 Å². The maximum atomic E-state index is 11.1. The van der Waals surface area contributed by atoms with Crippen molar-refractivity contribution in [1.82, 2.24) is 19.3 Å². The third-order valence-corrected chi connectivity index (χ3v) is 3.79. The maximum absolute atomic E-state index is 11.1. The molecule has 1 fully saturated rings. The predicted octanol–water partition coefficient (Wildman–Crippen LogP) is 2.24. The minimum Gasteiger partial charge on any atom is -0.465 e. The number of amides is 1. The van der Waals surface area contributed by atoms with Gasteiger partial charge in [0.25, 0.3) is 0 Å². The van der Waals surface area contributed by atoms with Crippen LogP contribution in [0.4, 0.5) is 4.79 Å². The van der Waals surface area contributed by atoms with E-state index in [-0.39, 0.29) is 5.92 Å². The van der Waals surface area contributed by atoms with Crippen molar-refractivity contribution in [2.75, 3.05) is 13.1 Å². The zero-order valence-electron chi connectivity index (χ0n) is 10.2. The lowest BCUT2D eigenvalue weighted by atomic mass is 9.97. The highest BCUT2D eigenvalue weighted by Crippen LogP contribution is 2.27. The molecule has 0 aliphatic carbocycles. The quantitative estimate of drug-likeness (QED) is 0.870. The van der Waals surface area contributed by atoms with Crippen LogP contribution in [0.25, 0.3) is 5.52 Å². The Morgan fingerprint density at radius 2 is 2.32 bits per heavy atom. The molecule has 0 bridgehead atoms. The molecular weight excluding hydrogens is 268 g/mol. The monoisotopic (exact) mass is 280 g/mol. The average Bonchev–Trinajstić information content (AvgIpc) is 2.84. The van der Waals surface area contributed by atoms with Crippen molar-refractivity contribution in [3.8, 4) is 0 Å². The summed E-state index contributed by atoms with van der Waals surface area (Å²) in [4.78, 5) is 20.9. The van der Waals surface area contributed by atoms with Crippen LogP contribution >= 0.6 is 11.6 Å². The van der Waals surface area contributed by atoms with Gasteiger partial charge in [-0.25, -0.2) is 14.8 Å². The van der Waals surface area contributed by atoms with Crippen molar-refractivity contribution in [1.29, 1.82) is 0 Å². The fraction of sp³-hybridized carbons (Fsp3) is 0.417. The zero-order valence-corrected chi connectivity index (χ0v) is 10.9. The van der Waals surface area contributed by atoms with Crippen LogP contribution in [-0.2, 0) is 0 Å². The first-order valence-electron chi connectivity index (χ1n) is 6.12. The Bertz CT molecular complexity index is 627. The van der Waals surface area contributed by atoms with Gasteiger partial charge in [0.15, 0.2) is 5.15 Å². The standard InChI is InChI=1S/C12H13ClN4O2/c13-10-9-6-15-11(17(9)5-3-14-10)8-2-1-4-16(7-8)12(18)19/h3,5-6,8H,1-2,4,7H2,(H,18,19). The number of rotatable bonds is 1. The second-order valence-electron chi connectivity index (χ2n) is 4.66. The summed E-state index contributed by atoms with van der Waals surface area (Å²) in [6.07, 6.45) is 6.03. The summed E-state index contributed by atoms with van der Waals surface area (Å²) in [6.45, 7) is 1.08. The summed E-state index contributed by atoms with van der Waals surface area (Å²) in [6, 6.07) is 0. The van der Waals surface area contributed by atoms with Crippen molar-refractivity contribution < 1.29 is 9.90 Å². The topological polar surface area (TPSA) is 70.7 Å². The van der Waals surface area contributed by atoms with Crippen molar-refractivity contribution in [3.63, 3.8) is 0 Å². The Balaban J connectivity index is 1.96. The number of carbonyl (C=O) groups is 1. The van der Waals surface area contributed by atoms with Gasteiger partial charge in [0.1, 0.15) is 11.3 Å². The molecule has 19 heavy (non-hydrogen) atoms. The first kappa shape index (κ1) is 12.2. The van der Waals surface area contributed by atoms with Crippen LogP contribution in [0.2, 0.25) is 5.15 Å². The lowest BCUT2D eigenvalue weighted by Crippen LogP contribution is -2.38. The number of aromatic nitrogens is 3. The molecule has 1 saturated heterocycles. The Kier molecular flexibility index (Phi) is 3.02. The fourth-order valence-corrected chi connectivity index (χ4v) is 2.78. The highest BCUT2D eigenvalue weighted by molar-refractivity contribution is 6.32. The van der Waals surface area contributed by atoms with Crippen LogP contribution in [-0.4, -0.2) is 43.6 Å². The first-order chi connectivity index (χ1) is 9.16. The summed E-state index contributed by atoms with van der Waals surface area (Å²) < 4.78 is 1.89.